The first-order valence-corrected chi connectivity index (χ1v) is 4.60. The van der Waals surface area contributed by atoms with E-state index in [1.807, 2.05) is 0 Å². The van der Waals surface area contributed by atoms with Crippen molar-refractivity contribution in [1.29, 1.82) is 0 Å². The van der Waals surface area contributed by atoms with Crippen LogP contribution in [0, 0.1) is 10.1 Å². The Bertz CT molecular complexity index is 445. The fourth-order valence-electron chi connectivity index (χ4n) is 0.962. The van der Waals surface area contributed by atoms with Gasteiger partial charge in [0, 0.05) is 17.0 Å². The third-order valence-electron chi connectivity index (χ3n) is 1.64. The second-order valence-electron chi connectivity index (χ2n) is 2.67. The van der Waals surface area contributed by atoms with Crippen LogP contribution in [0.5, 0.6) is 5.75 Å². The van der Waals surface area contributed by atoms with Gasteiger partial charge in [-0.25, -0.2) is 0 Å². The van der Waals surface area contributed by atoms with Crippen LogP contribution in [0.4, 0.5) is 5.69 Å². The first kappa shape index (κ1) is 12.1. The van der Waals surface area contributed by atoms with Gasteiger partial charge in [-0.05, 0) is 11.6 Å². The molecule has 7 nitrogen and oxygen atoms in total. The topological polar surface area (TPSA) is 101 Å². The van der Waals surface area contributed by atoms with Crippen molar-refractivity contribution in [2.24, 2.45) is 5.11 Å². The van der Waals surface area contributed by atoms with Gasteiger partial charge in [0.15, 0.2) is 0 Å². The first-order chi connectivity index (χ1) is 7.65. The van der Waals surface area contributed by atoms with Gasteiger partial charge in [-0.15, -0.1) is 0 Å². The number of non-ortho nitro benzene ring substituents is 1. The molecule has 8 heteroatoms. The number of ether oxygens (including phenoxy) is 1. The number of nitrogens with zero attached hydrogens (tertiary/aromatic N) is 4. The minimum Gasteiger partial charge on any atom is -0.492 e. The van der Waals surface area contributed by atoms with Crippen LogP contribution in [0.3, 0.4) is 0 Å². The number of halogens is 1. The summed E-state index contributed by atoms with van der Waals surface area (Å²) in [6.45, 7) is 0.339. The maximum atomic E-state index is 10.4. The van der Waals surface area contributed by atoms with Crippen LogP contribution < -0.4 is 4.74 Å². The zero-order valence-electron chi connectivity index (χ0n) is 8.04. The summed E-state index contributed by atoms with van der Waals surface area (Å²) >= 11 is 5.75. The van der Waals surface area contributed by atoms with Crippen LogP contribution >= 0.6 is 11.6 Å². The van der Waals surface area contributed by atoms with Gasteiger partial charge in [0.05, 0.1) is 23.1 Å². The average Bonchev–Trinajstić information content (AvgIpc) is 2.26. The summed E-state index contributed by atoms with van der Waals surface area (Å²) in [6, 6.07) is 3.88. The lowest BCUT2D eigenvalue weighted by Crippen LogP contribution is -2.00. The summed E-state index contributed by atoms with van der Waals surface area (Å²) in [5.74, 6) is 0.320. The van der Waals surface area contributed by atoms with Crippen molar-refractivity contribution in [3.05, 3.63) is 43.8 Å². The number of nitro benzene ring substituents is 1. The minimum atomic E-state index is -0.546. The number of hydrogen-bond donors (Lipinski definition) is 0. The zero-order valence-corrected chi connectivity index (χ0v) is 8.79. The molecule has 0 N–H and O–H groups in total. The van der Waals surface area contributed by atoms with E-state index >= 15 is 0 Å². The fraction of sp³-hybridized carbons (Fsp3) is 0.250. The molecule has 0 atom stereocenters. The maximum absolute atomic E-state index is 10.4. The minimum absolute atomic E-state index is 0.104. The van der Waals surface area contributed by atoms with E-state index in [1.54, 1.807) is 0 Å². The molecule has 16 heavy (non-hydrogen) atoms. The van der Waals surface area contributed by atoms with Crippen molar-refractivity contribution in [1.82, 2.24) is 0 Å². The Hall–Kier alpha value is -1.98. The average molecular weight is 243 g/mol. The molecule has 0 heterocycles. The normalized spacial score (nSPS) is 9.31. The molecule has 0 aliphatic rings. The van der Waals surface area contributed by atoms with Crippen molar-refractivity contribution in [3.8, 4) is 5.75 Å². The zero-order chi connectivity index (χ0) is 12.0. The number of rotatable bonds is 5. The highest BCUT2D eigenvalue weighted by Crippen LogP contribution is 2.28. The second kappa shape index (κ2) is 5.79. The Morgan fingerprint density at radius 1 is 1.62 bits per heavy atom. The quantitative estimate of drug-likeness (QED) is 0.198. The molecular formula is C8H7ClN4O3. The smallest absolute Gasteiger partial charge is 0.271 e. The summed E-state index contributed by atoms with van der Waals surface area (Å²) in [5, 5.41) is 13.8. The molecule has 0 aromatic heterocycles. The van der Waals surface area contributed by atoms with Gasteiger partial charge in [0.25, 0.3) is 5.69 Å². The van der Waals surface area contributed by atoms with E-state index in [9.17, 15) is 10.1 Å². The Morgan fingerprint density at radius 3 is 2.94 bits per heavy atom. The number of azide groups is 1. The van der Waals surface area contributed by atoms with Gasteiger partial charge in [-0.1, -0.05) is 16.7 Å². The molecule has 0 unspecified atom stereocenters. The molecule has 0 saturated heterocycles. The van der Waals surface area contributed by atoms with Gasteiger partial charge in [0.2, 0.25) is 0 Å². The second-order valence-corrected chi connectivity index (χ2v) is 3.08. The van der Waals surface area contributed by atoms with Gasteiger partial charge in [-0.2, -0.15) is 0 Å². The van der Waals surface area contributed by atoms with Crippen LogP contribution in [0.15, 0.2) is 23.3 Å². The molecule has 1 aromatic rings. The Morgan fingerprint density at radius 2 is 2.38 bits per heavy atom. The van der Waals surface area contributed by atoms with E-state index in [0.717, 1.165) is 0 Å². The van der Waals surface area contributed by atoms with E-state index in [1.165, 1.54) is 18.2 Å². The van der Waals surface area contributed by atoms with Crippen molar-refractivity contribution in [3.63, 3.8) is 0 Å². The molecular weight excluding hydrogens is 236 g/mol. The Balaban J connectivity index is 2.67. The van der Waals surface area contributed by atoms with E-state index in [0.29, 0.717) is 5.75 Å². The van der Waals surface area contributed by atoms with Crippen LogP contribution in [-0.4, -0.2) is 18.1 Å². The third-order valence-corrected chi connectivity index (χ3v) is 1.93. The molecule has 0 fully saturated rings. The van der Waals surface area contributed by atoms with Crippen LogP contribution in [0.25, 0.3) is 10.4 Å². The third kappa shape index (κ3) is 3.30. The predicted molar refractivity (Wildman–Crippen MR) is 57.6 cm³/mol. The summed E-state index contributed by atoms with van der Waals surface area (Å²) in [7, 11) is 0. The lowest BCUT2D eigenvalue weighted by atomic mass is 10.3. The summed E-state index contributed by atoms with van der Waals surface area (Å²) in [5.41, 5.74) is 7.91. The number of hydrogen-bond acceptors (Lipinski definition) is 4. The fourth-order valence-corrected chi connectivity index (χ4v) is 1.19. The molecule has 84 valence electrons. The van der Waals surface area contributed by atoms with Crippen LogP contribution in [0.1, 0.15) is 0 Å². The molecule has 0 radical (unpaired) electrons. The molecule has 0 aliphatic heterocycles. The lowest BCUT2D eigenvalue weighted by Gasteiger charge is -2.05. The summed E-state index contributed by atoms with van der Waals surface area (Å²) in [6.07, 6.45) is 0. The highest BCUT2D eigenvalue weighted by Gasteiger charge is 2.09. The standard InChI is InChI=1S/C8H7ClN4O3/c9-7-5-6(13(14)15)1-2-8(7)16-4-3-11-12-10/h1-2,5H,3-4H2. The Labute approximate surface area is 95.4 Å². The molecule has 0 amide bonds. The van der Waals surface area contributed by atoms with Crippen molar-refractivity contribution in [2.75, 3.05) is 13.2 Å². The van der Waals surface area contributed by atoms with Gasteiger partial charge < -0.3 is 4.74 Å². The van der Waals surface area contributed by atoms with E-state index < -0.39 is 4.92 Å². The number of benzene rings is 1. The largest absolute Gasteiger partial charge is 0.492 e. The van der Waals surface area contributed by atoms with Crippen LogP contribution in [0.2, 0.25) is 5.02 Å². The van der Waals surface area contributed by atoms with E-state index in [2.05, 4.69) is 10.0 Å². The Kier molecular flexibility index (Phi) is 4.38. The van der Waals surface area contributed by atoms with E-state index in [-0.39, 0.29) is 23.9 Å². The molecule has 1 aromatic carbocycles. The lowest BCUT2D eigenvalue weighted by molar-refractivity contribution is -0.384. The monoisotopic (exact) mass is 242 g/mol. The summed E-state index contributed by atoms with van der Waals surface area (Å²) < 4.78 is 5.15. The van der Waals surface area contributed by atoms with Crippen molar-refractivity contribution >= 4 is 17.3 Å². The van der Waals surface area contributed by atoms with Gasteiger partial charge in [0.1, 0.15) is 5.75 Å². The summed E-state index contributed by atoms with van der Waals surface area (Å²) in [4.78, 5) is 12.4. The molecule has 0 bridgehead atoms. The number of nitro groups is 1. The molecule has 1 rings (SSSR count). The first-order valence-electron chi connectivity index (χ1n) is 4.22. The SMILES string of the molecule is [N-]=[N+]=NCCOc1ccc([N+](=O)[O-])cc1Cl. The highest BCUT2D eigenvalue weighted by atomic mass is 35.5. The van der Waals surface area contributed by atoms with Gasteiger partial charge >= 0.3 is 0 Å². The van der Waals surface area contributed by atoms with Crippen molar-refractivity contribution < 1.29 is 9.66 Å². The van der Waals surface area contributed by atoms with Crippen molar-refractivity contribution in [2.45, 2.75) is 0 Å². The highest BCUT2D eigenvalue weighted by molar-refractivity contribution is 6.32. The van der Waals surface area contributed by atoms with E-state index in [4.69, 9.17) is 21.9 Å². The predicted octanol–water partition coefficient (Wildman–Crippen LogP) is 2.94. The van der Waals surface area contributed by atoms with Crippen LogP contribution in [-0.2, 0) is 0 Å². The molecule has 0 saturated carbocycles. The maximum Gasteiger partial charge on any atom is 0.271 e. The molecule has 0 spiro atoms. The van der Waals surface area contributed by atoms with Gasteiger partial charge in [-0.3, -0.25) is 10.1 Å². The molecule has 0 aliphatic carbocycles.